The number of anilines is 1. The maximum absolute atomic E-state index is 13.2. The molecule has 148 valence electrons. The van der Waals surface area contributed by atoms with Crippen molar-refractivity contribution in [2.45, 2.75) is 37.0 Å². The van der Waals surface area contributed by atoms with Gasteiger partial charge >= 0.3 is 12.4 Å². The van der Waals surface area contributed by atoms with Crippen LogP contribution in [0.1, 0.15) is 12.0 Å². The highest BCUT2D eigenvalue weighted by atomic mass is 19.4. The Morgan fingerprint density at radius 1 is 1.15 bits per heavy atom. The van der Waals surface area contributed by atoms with Gasteiger partial charge in [-0.15, -0.1) is 0 Å². The Hall–Kier alpha value is -2.27. The maximum atomic E-state index is 13.2. The molecule has 0 saturated carbocycles. The predicted octanol–water partition coefficient (Wildman–Crippen LogP) is 2.41. The van der Waals surface area contributed by atoms with Crippen LogP contribution in [0.4, 0.5) is 32.0 Å². The highest BCUT2D eigenvalue weighted by molar-refractivity contribution is 5.86. The van der Waals surface area contributed by atoms with Crippen LogP contribution in [-0.2, 0) is 6.18 Å². The second-order valence-electron chi connectivity index (χ2n) is 6.37. The minimum Gasteiger partial charge on any atom is -0.391 e. The summed E-state index contributed by atoms with van der Waals surface area (Å²) in [6, 6.07) is 2.18. The molecule has 27 heavy (non-hydrogen) atoms. The monoisotopic (exact) mass is 396 g/mol. The maximum Gasteiger partial charge on any atom is 0.417 e. The first-order chi connectivity index (χ1) is 12.4. The third-order valence-corrected chi connectivity index (χ3v) is 4.48. The van der Waals surface area contributed by atoms with Gasteiger partial charge in [0.15, 0.2) is 6.10 Å². The Labute approximate surface area is 147 Å². The summed E-state index contributed by atoms with van der Waals surface area (Å²) in [5, 5.41) is 18.9. The van der Waals surface area contributed by atoms with Crippen LogP contribution in [0, 0.1) is 0 Å². The van der Waals surface area contributed by atoms with Crippen LogP contribution in [-0.4, -0.2) is 46.2 Å². The van der Waals surface area contributed by atoms with Crippen LogP contribution >= 0.6 is 0 Å². The van der Waals surface area contributed by atoms with Crippen LogP contribution in [0.2, 0.25) is 0 Å². The van der Waals surface area contributed by atoms with Gasteiger partial charge in [0.05, 0.1) is 17.7 Å². The average molecular weight is 396 g/mol. The molecular formula is C16H14F6N2O3. The lowest BCUT2D eigenvalue weighted by molar-refractivity contribution is -0.209. The molecule has 0 amide bonds. The number of aliphatic hydroxyl groups is 2. The number of pyridine rings is 1. The lowest BCUT2D eigenvalue weighted by Crippen LogP contribution is -2.47. The molecule has 2 aromatic rings. The minimum absolute atomic E-state index is 0.0371. The summed E-state index contributed by atoms with van der Waals surface area (Å²) < 4.78 is 78.4. The van der Waals surface area contributed by atoms with E-state index in [1.807, 2.05) is 0 Å². The third kappa shape index (κ3) is 3.74. The number of halogens is 6. The van der Waals surface area contributed by atoms with Crippen molar-refractivity contribution in [2.75, 3.05) is 11.4 Å². The number of hydrogen-bond donors (Lipinski definition) is 3. The number of aromatic amines is 1. The largest absolute Gasteiger partial charge is 0.417 e. The topological polar surface area (TPSA) is 76.6 Å². The van der Waals surface area contributed by atoms with Crippen molar-refractivity contribution < 1.29 is 36.6 Å². The van der Waals surface area contributed by atoms with Gasteiger partial charge in [-0.3, -0.25) is 4.79 Å². The fraction of sp³-hybridized carbons (Fsp3) is 0.438. The van der Waals surface area contributed by atoms with Gasteiger partial charge in [-0.05, 0) is 24.6 Å². The zero-order chi connectivity index (χ0) is 20.1. The number of nitrogens with one attached hydrogen (secondary N) is 1. The van der Waals surface area contributed by atoms with Crippen molar-refractivity contribution >= 4 is 16.6 Å². The van der Waals surface area contributed by atoms with Gasteiger partial charge < -0.3 is 20.1 Å². The number of hydrogen-bond acceptors (Lipinski definition) is 4. The van der Waals surface area contributed by atoms with E-state index in [1.54, 1.807) is 0 Å². The van der Waals surface area contributed by atoms with Gasteiger partial charge in [0.2, 0.25) is 5.56 Å². The molecule has 0 radical (unpaired) electrons. The lowest BCUT2D eigenvalue weighted by Gasteiger charge is -2.31. The number of rotatable bonds is 2. The fourth-order valence-corrected chi connectivity index (χ4v) is 3.31. The third-order valence-electron chi connectivity index (χ3n) is 4.48. The standard InChI is InChI=1S/C16H14F6N2O3/c17-15(18,19)10-5-13(26)23-11-2-1-7(3-9(10)11)24-6-8(25)4-12(24)14(27)16(20,21)22/h1-3,5,8,12,14,25,27H,4,6H2,(H,23,26)/t8?,12?,14-/m1/s1. The Morgan fingerprint density at radius 3 is 2.41 bits per heavy atom. The second kappa shape index (κ2) is 6.41. The molecule has 3 N–H and O–H groups in total. The molecule has 1 aromatic carbocycles. The van der Waals surface area contributed by atoms with Crippen molar-refractivity contribution in [3.8, 4) is 0 Å². The van der Waals surface area contributed by atoms with Crippen LogP contribution < -0.4 is 10.5 Å². The van der Waals surface area contributed by atoms with E-state index in [0.29, 0.717) is 6.07 Å². The Morgan fingerprint density at radius 2 is 1.81 bits per heavy atom. The lowest BCUT2D eigenvalue weighted by atomic mass is 10.0. The number of nitrogens with zero attached hydrogens (tertiary/aromatic N) is 1. The second-order valence-corrected chi connectivity index (χ2v) is 6.37. The van der Waals surface area contributed by atoms with Crippen LogP contribution in [0.5, 0.6) is 0 Å². The molecule has 1 aromatic heterocycles. The molecule has 1 aliphatic rings. The van der Waals surface area contributed by atoms with Crippen molar-refractivity contribution in [1.29, 1.82) is 0 Å². The molecular weight excluding hydrogens is 382 g/mol. The van der Waals surface area contributed by atoms with E-state index in [0.717, 1.165) is 17.0 Å². The summed E-state index contributed by atoms with van der Waals surface area (Å²) >= 11 is 0. The Bertz CT molecular complexity index is 908. The van der Waals surface area contributed by atoms with E-state index in [9.17, 15) is 41.4 Å². The minimum atomic E-state index is -4.95. The molecule has 2 heterocycles. The first-order valence-electron chi connectivity index (χ1n) is 7.81. The van der Waals surface area contributed by atoms with Gasteiger partial charge in [-0.2, -0.15) is 26.3 Å². The van der Waals surface area contributed by atoms with Gasteiger partial charge in [0.1, 0.15) is 0 Å². The summed E-state index contributed by atoms with van der Waals surface area (Å²) in [5.41, 5.74) is -2.36. The molecule has 1 aliphatic heterocycles. The number of alkyl halides is 6. The number of benzene rings is 1. The van der Waals surface area contributed by atoms with Crippen molar-refractivity contribution in [3.63, 3.8) is 0 Å². The number of H-pyrrole nitrogens is 1. The van der Waals surface area contributed by atoms with Crippen molar-refractivity contribution in [3.05, 3.63) is 40.2 Å². The molecule has 5 nitrogen and oxygen atoms in total. The summed E-state index contributed by atoms with van der Waals surface area (Å²) in [6.07, 6.45) is -14.1. The number of β-amino-alcohol motifs (C(OH)–C–C–N with tert-alkyl or cyclic N) is 1. The van der Waals surface area contributed by atoms with E-state index in [4.69, 9.17) is 0 Å². The first-order valence-corrected chi connectivity index (χ1v) is 7.81. The molecule has 2 unspecified atom stereocenters. The van der Waals surface area contributed by atoms with Crippen molar-refractivity contribution in [1.82, 2.24) is 4.98 Å². The quantitative estimate of drug-likeness (QED) is 0.682. The van der Waals surface area contributed by atoms with E-state index in [-0.39, 0.29) is 17.7 Å². The zero-order valence-corrected chi connectivity index (χ0v) is 13.5. The number of fused-ring (bicyclic) bond motifs is 1. The average Bonchev–Trinajstić information content (AvgIpc) is 2.92. The number of aromatic nitrogens is 1. The number of aliphatic hydroxyl groups excluding tert-OH is 2. The van der Waals surface area contributed by atoms with Crippen LogP contribution in [0.15, 0.2) is 29.1 Å². The van der Waals surface area contributed by atoms with Crippen LogP contribution in [0.25, 0.3) is 10.9 Å². The van der Waals surface area contributed by atoms with E-state index in [1.165, 1.54) is 6.07 Å². The van der Waals surface area contributed by atoms with E-state index < -0.39 is 53.5 Å². The van der Waals surface area contributed by atoms with Crippen LogP contribution in [0.3, 0.4) is 0 Å². The molecule has 1 fully saturated rings. The zero-order valence-electron chi connectivity index (χ0n) is 13.5. The first kappa shape index (κ1) is 19.5. The van der Waals surface area contributed by atoms with E-state index >= 15 is 0 Å². The summed E-state index contributed by atoms with van der Waals surface area (Å²) in [6.45, 7) is -0.284. The Kier molecular flexibility index (Phi) is 4.63. The molecule has 11 heteroatoms. The molecule has 0 aliphatic carbocycles. The Balaban J connectivity index is 2.11. The fourth-order valence-electron chi connectivity index (χ4n) is 3.31. The highest BCUT2D eigenvalue weighted by Crippen LogP contribution is 2.38. The van der Waals surface area contributed by atoms with E-state index in [2.05, 4.69) is 4.98 Å². The smallest absolute Gasteiger partial charge is 0.391 e. The molecule has 0 bridgehead atoms. The van der Waals surface area contributed by atoms with Gasteiger partial charge in [-0.1, -0.05) is 0 Å². The normalized spacial score (nSPS) is 22.4. The molecule has 1 saturated heterocycles. The van der Waals surface area contributed by atoms with Gasteiger partial charge in [-0.25, -0.2) is 0 Å². The van der Waals surface area contributed by atoms with Crippen molar-refractivity contribution in [2.24, 2.45) is 0 Å². The molecule has 3 rings (SSSR count). The predicted molar refractivity (Wildman–Crippen MR) is 83.4 cm³/mol. The van der Waals surface area contributed by atoms with Gasteiger partial charge in [0.25, 0.3) is 0 Å². The van der Waals surface area contributed by atoms with Gasteiger partial charge in [0, 0.05) is 29.2 Å². The SMILES string of the molecule is O=c1cc(C(F)(F)F)c2cc(N3CC(O)CC3[C@@H](O)C(F)(F)F)ccc2[nH]1. The summed E-state index contributed by atoms with van der Waals surface area (Å²) in [7, 11) is 0. The summed E-state index contributed by atoms with van der Waals surface area (Å²) in [4.78, 5) is 14.7. The summed E-state index contributed by atoms with van der Waals surface area (Å²) in [5.74, 6) is 0. The molecule has 3 atom stereocenters. The molecule has 0 spiro atoms. The highest BCUT2D eigenvalue weighted by Gasteiger charge is 2.49.